The van der Waals surface area contributed by atoms with Gasteiger partial charge < -0.3 is 4.74 Å². The van der Waals surface area contributed by atoms with E-state index in [2.05, 4.69) is 31.8 Å². The summed E-state index contributed by atoms with van der Waals surface area (Å²) in [5.74, 6) is 0.521. The maximum Gasteiger partial charge on any atom is 0.306 e. The predicted octanol–water partition coefficient (Wildman–Crippen LogP) is 5.50. The lowest BCUT2D eigenvalue weighted by molar-refractivity contribution is 0.437. The van der Waals surface area contributed by atoms with Gasteiger partial charge in [0.25, 0.3) is 0 Å². The highest BCUT2D eigenvalue weighted by atomic mass is 35.5. The zero-order chi connectivity index (χ0) is 14.8. The second-order valence-electron chi connectivity index (χ2n) is 5.48. The summed E-state index contributed by atoms with van der Waals surface area (Å²) in [5, 5.41) is 1.02. The van der Waals surface area contributed by atoms with Gasteiger partial charge in [-0.2, -0.15) is 0 Å². The molecule has 1 heterocycles. The first kappa shape index (κ1) is 14.9. The summed E-state index contributed by atoms with van der Waals surface area (Å²) in [6, 6.07) is 5.53. The number of allylic oxidation sites excluding steroid dienone is 1. The fraction of sp³-hybridized carbons (Fsp3) is 0.267. The van der Waals surface area contributed by atoms with Crippen molar-refractivity contribution in [2.45, 2.75) is 20.8 Å². The predicted molar refractivity (Wildman–Crippen MR) is 83.5 cm³/mol. The van der Waals surface area contributed by atoms with Crippen molar-refractivity contribution in [3.05, 3.63) is 46.7 Å². The topological polar surface area (TPSA) is 27.1 Å². The van der Waals surface area contributed by atoms with Crippen LogP contribution in [0.25, 0.3) is 6.20 Å². The maximum atomic E-state index is 6.08. The van der Waals surface area contributed by atoms with Crippen LogP contribution >= 0.6 is 23.2 Å². The van der Waals surface area contributed by atoms with Crippen molar-refractivity contribution >= 4 is 29.4 Å². The molecule has 0 aliphatic carbocycles. The highest BCUT2D eigenvalue weighted by Crippen LogP contribution is 2.31. The molecule has 0 amide bonds. The van der Waals surface area contributed by atoms with Crippen LogP contribution in [0.3, 0.4) is 0 Å². The van der Waals surface area contributed by atoms with E-state index >= 15 is 0 Å². The summed E-state index contributed by atoms with van der Waals surface area (Å²) in [6.07, 6.45) is 7.49. The molecular formula is C15H16Cl2N2O. The number of nitrogens with zero attached hydrogens (tertiary/aromatic N) is 2. The molecule has 0 saturated heterocycles. The fourth-order valence-electron chi connectivity index (χ4n) is 1.45. The molecule has 5 heteroatoms. The number of hydrogen-bond acceptors (Lipinski definition) is 2. The Morgan fingerprint density at radius 1 is 1.25 bits per heavy atom. The van der Waals surface area contributed by atoms with Gasteiger partial charge in [0.05, 0.1) is 5.02 Å². The van der Waals surface area contributed by atoms with Gasteiger partial charge in [-0.15, -0.1) is 0 Å². The van der Waals surface area contributed by atoms with Crippen LogP contribution in [0.15, 0.2) is 36.7 Å². The highest BCUT2D eigenvalue weighted by Gasteiger charge is 2.09. The maximum absolute atomic E-state index is 6.08. The molecule has 0 radical (unpaired) electrons. The first-order valence-electron chi connectivity index (χ1n) is 6.20. The highest BCUT2D eigenvalue weighted by molar-refractivity contribution is 6.35. The zero-order valence-electron chi connectivity index (χ0n) is 11.6. The quantitative estimate of drug-likeness (QED) is 0.748. The van der Waals surface area contributed by atoms with Gasteiger partial charge in [-0.3, -0.25) is 4.57 Å². The molecule has 0 bridgehead atoms. The van der Waals surface area contributed by atoms with E-state index < -0.39 is 0 Å². The third kappa shape index (κ3) is 4.02. The number of benzene rings is 1. The Hall–Kier alpha value is -1.45. The summed E-state index contributed by atoms with van der Waals surface area (Å²) < 4.78 is 7.51. The van der Waals surface area contributed by atoms with E-state index in [0.717, 1.165) is 0 Å². The van der Waals surface area contributed by atoms with Crippen LogP contribution in [-0.2, 0) is 0 Å². The van der Waals surface area contributed by atoms with Crippen molar-refractivity contribution in [1.82, 2.24) is 9.55 Å². The molecule has 0 aliphatic rings. The van der Waals surface area contributed by atoms with Crippen molar-refractivity contribution in [2.75, 3.05) is 0 Å². The molecule has 0 N–H and O–H groups in total. The molecule has 0 spiro atoms. The molecule has 1 aromatic carbocycles. The zero-order valence-corrected chi connectivity index (χ0v) is 13.1. The minimum absolute atomic E-state index is 0.0828. The lowest BCUT2D eigenvalue weighted by atomic mass is 9.97. The monoisotopic (exact) mass is 310 g/mol. The van der Waals surface area contributed by atoms with Crippen LogP contribution in [0.4, 0.5) is 0 Å². The number of halogens is 2. The van der Waals surface area contributed by atoms with Gasteiger partial charge >= 0.3 is 6.01 Å². The third-order valence-corrected chi connectivity index (χ3v) is 2.99. The molecule has 0 fully saturated rings. The van der Waals surface area contributed by atoms with Gasteiger partial charge in [0.1, 0.15) is 5.75 Å². The minimum Gasteiger partial charge on any atom is -0.424 e. The third-order valence-electron chi connectivity index (χ3n) is 2.46. The van der Waals surface area contributed by atoms with Gasteiger partial charge in [0.15, 0.2) is 0 Å². The Bertz CT molecular complexity index is 627. The van der Waals surface area contributed by atoms with Gasteiger partial charge in [-0.25, -0.2) is 4.98 Å². The Morgan fingerprint density at radius 2 is 2.00 bits per heavy atom. The van der Waals surface area contributed by atoms with Gasteiger partial charge in [0.2, 0.25) is 0 Å². The molecule has 0 aliphatic heterocycles. The van der Waals surface area contributed by atoms with Crippen LogP contribution in [0.5, 0.6) is 11.8 Å². The Morgan fingerprint density at radius 3 is 2.65 bits per heavy atom. The van der Waals surface area contributed by atoms with Crippen LogP contribution in [0, 0.1) is 5.41 Å². The molecule has 106 valence electrons. The lowest BCUT2D eigenvalue weighted by Crippen LogP contribution is -2.00. The number of aromatic nitrogens is 2. The molecule has 3 nitrogen and oxygen atoms in total. The van der Waals surface area contributed by atoms with E-state index in [0.29, 0.717) is 21.8 Å². The number of hydrogen-bond donors (Lipinski definition) is 0. The first-order chi connectivity index (χ1) is 9.35. The van der Waals surface area contributed by atoms with E-state index in [-0.39, 0.29) is 5.41 Å². The SMILES string of the molecule is CC(C)(C)C=Cn1ccnc1Oc1ccc(Cl)cc1Cl. The second kappa shape index (κ2) is 5.90. The first-order valence-corrected chi connectivity index (χ1v) is 6.96. The summed E-state index contributed by atoms with van der Waals surface area (Å²) in [6.45, 7) is 6.37. The molecule has 1 aromatic heterocycles. The van der Waals surface area contributed by atoms with Crippen LogP contribution in [-0.4, -0.2) is 9.55 Å². The molecule has 2 aromatic rings. The van der Waals surface area contributed by atoms with E-state index in [1.807, 2.05) is 12.4 Å². The van der Waals surface area contributed by atoms with Gasteiger partial charge in [0, 0.05) is 23.6 Å². The molecule has 0 saturated carbocycles. The lowest BCUT2D eigenvalue weighted by Gasteiger charge is -2.12. The smallest absolute Gasteiger partial charge is 0.306 e. The molecule has 0 unspecified atom stereocenters. The standard InChI is InChI=1S/C15H16Cl2N2O/c1-15(2,3)6-8-19-9-7-18-14(19)20-13-5-4-11(16)10-12(13)17/h4-10H,1-3H3. The van der Waals surface area contributed by atoms with Crippen molar-refractivity contribution in [3.8, 4) is 11.8 Å². The largest absolute Gasteiger partial charge is 0.424 e. The van der Waals surface area contributed by atoms with Gasteiger partial charge in [-0.1, -0.05) is 50.0 Å². The van der Waals surface area contributed by atoms with Crippen LogP contribution in [0.2, 0.25) is 10.0 Å². The van der Waals surface area contributed by atoms with Crippen LogP contribution < -0.4 is 4.74 Å². The van der Waals surface area contributed by atoms with Crippen molar-refractivity contribution in [2.24, 2.45) is 5.41 Å². The van der Waals surface area contributed by atoms with Crippen molar-refractivity contribution in [1.29, 1.82) is 0 Å². The van der Waals surface area contributed by atoms with E-state index in [4.69, 9.17) is 27.9 Å². The van der Waals surface area contributed by atoms with Gasteiger partial charge in [-0.05, 0) is 23.6 Å². The molecule has 2 rings (SSSR count). The molecule has 20 heavy (non-hydrogen) atoms. The summed E-state index contributed by atoms with van der Waals surface area (Å²) >= 11 is 11.9. The minimum atomic E-state index is 0.0828. The van der Waals surface area contributed by atoms with Crippen LogP contribution in [0.1, 0.15) is 20.8 Å². The normalized spacial score (nSPS) is 12.1. The van der Waals surface area contributed by atoms with Crippen molar-refractivity contribution in [3.63, 3.8) is 0 Å². The fourth-order valence-corrected chi connectivity index (χ4v) is 1.90. The van der Waals surface area contributed by atoms with Crippen molar-refractivity contribution < 1.29 is 4.74 Å². The Kier molecular flexibility index (Phi) is 4.41. The number of imidazole rings is 1. The number of ether oxygens (including phenoxy) is 1. The Labute approximate surface area is 128 Å². The molecule has 0 atom stereocenters. The van der Waals surface area contributed by atoms with E-state index in [1.54, 1.807) is 29.0 Å². The average molecular weight is 311 g/mol. The van der Waals surface area contributed by atoms with E-state index in [9.17, 15) is 0 Å². The Balaban J connectivity index is 2.23. The summed E-state index contributed by atoms with van der Waals surface area (Å²) in [7, 11) is 0. The average Bonchev–Trinajstić information content (AvgIpc) is 2.77. The second-order valence-corrected chi connectivity index (χ2v) is 6.32. The summed E-state index contributed by atoms with van der Waals surface area (Å²) in [4.78, 5) is 4.17. The van der Waals surface area contributed by atoms with E-state index in [1.165, 1.54) is 0 Å². The molecular weight excluding hydrogens is 295 g/mol. The summed E-state index contributed by atoms with van der Waals surface area (Å²) in [5.41, 5.74) is 0.0828. The number of rotatable bonds is 3.